The Bertz CT molecular complexity index is 570. The van der Waals surface area contributed by atoms with Crippen molar-refractivity contribution in [3.8, 4) is 0 Å². The second-order valence-corrected chi connectivity index (χ2v) is 6.30. The van der Waals surface area contributed by atoms with Gasteiger partial charge in [0.15, 0.2) is 5.84 Å². The summed E-state index contributed by atoms with van der Waals surface area (Å²) in [6.07, 6.45) is 2.78. The van der Waals surface area contributed by atoms with Gasteiger partial charge in [-0.05, 0) is 24.8 Å². The molecule has 3 aliphatic rings. The number of nitrogens with one attached hydrogen (secondary N) is 1. The number of amidine groups is 1. The minimum atomic E-state index is -0.0560. The Labute approximate surface area is 122 Å². The van der Waals surface area contributed by atoms with Gasteiger partial charge in [-0.3, -0.25) is 9.80 Å². The fraction of sp³-hybridized carbons (Fsp3) is 0.467. The van der Waals surface area contributed by atoms with Crippen LogP contribution < -0.4 is 5.32 Å². The van der Waals surface area contributed by atoms with E-state index >= 15 is 0 Å². The molecule has 0 bridgehead atoms. The van der Waals surface area contributed by atoms with Crippen LogP contribution in [0.3, 0.4) is 0 Å². The lowest BCUT2D eigenvalue weighted by Crippen LogP contribution is -2.41. The Morgan fingerprint density at radius 2 is 2.05 bits per heavy atom. The maximum atomic E-state index is 12.1. The molecule has 104 valence electrons. The highest BCUT2D eigenvalue weighted by Crippen LogP contribution is 2.41. The van der Waals surface area contributed by atoms with Crippen LogP contribution in [0.5, 0.6) is 0 Å². The van der Waals surface area contributed by atoms with E-state index < -0.39 is 0 Å². The second-order valence-electron chi connectivity index (χ2n) is 5.73. The molecule has 5 heteroatoms. The van der Waals surface area contributed by atoms with Crippen molar-refractivity contribution in [1.82, 2.24) is 10.3 Å². The number of rotatable bonds is 3. The molecule has 4 nitrogen and oxygen atoms in total. The molecule has 1 saturated heterocycles. The average molecular weight is 290 g/mol. The standard InChI is InChI=1S/C15H16ClN3O/c16-11-8-12(9-4-2-1-3-5-9)19-15(11)17-14(18-19)13(20)10-6-7-10/h1-5,10-12,15H,6-8H2,(H,17,18)/t11-,12+,15?/m1/s1. The van der Waals surface area contributed by atoms with Crippen molar-refractivity contribution in [2.45, 2.75) is 36.8 Å². The molecule has 0 aromatic heterocycles. The van der Waals surface area contributed by atoms with E-state index in [1.165, 1.54) is 5.56 Å². The van der Waals surface area contributed by atoms with Crippen molar-refractivity contribution in [2.24, 2.45) is 11.0 Å². The molecule has 0 amide bonds. The van der Waals surface area contributed by atoms with Crippen LogP contribution in [-0.4, -0.2) is 28.2 Å². The lowest BCUT2D eigenvalue weighted by molar-refractivity contribution is -0.114. The van der Waals surface area contributed by atoms with Gasteiger partial charge in [0.25, 0.3) is 0 Å². The van der Waals surface area contributed by atoms with Crippen LogP contribution in [0, 0.1) is 5.92 Å². The first-order chi connectivity index (χ1) is 9.74. The predicted octanol–water partition coefficient (Wildman–Crippen LogP) is 2.26. The van der Waals surface area contributed by atoms with Gasteiger partial charge in [-0.15, -0.1) is 11.6 Å². The van der Waals surface area contributed by atoms with Gasteiger partial charge < -0.3 is 5.32 Å². The van der Waals surface area contributed by atoms with E-state index in [2.05, 4.69) is 22.6 Å². The number of ketones is 1. The van der Waals surface area contributed by atoms with Crippen LogP contribution in [0.15, 0.2) is 35.4 Å². The molecule has 1 N–H and O–H groups in total. The van der Waals surface area contributed by atoms with E-state index in [0.29, 0.717) is 5.84 Å². The monoisotopic (exact) mass is 289 g/mol. The van der Waals surface area contributed by atoms with Gasteiger partial charge in [-0.25, -0.2) is 0 Å². The first-order valence-electron chi connectivity index (χ1n) is 7.11. The summed E-state index contributed by atoms with van der Waals surface area (Å²) in [4.78, 5) is 12.1. The predicted molar refractivity (Wildman–Crippen MR) is 77.4 cm³/mol. The lowest BCUT2D eigenvalue weighted by atomic mass is 10.1. The minimum absolute atomic E-state index is 0.0338. The summed E-state index contributed by atoms with van der Waals surface area (Å²) < 4.78 is 0. The number of hydrogen-bond donors (Lipinski definition) is 1. The molecule has 0 radical (unpaired) electrons. The molecule has 0 spiro atoms. The number of fused-ring (bicyclic) bond motifs is 1. The summed E-state index contributed by atoms with van der Waals surface area (Å²) in [6, 6.07) is 10.4. The Morgan fingerprint density at radius 3 is 2.75 bits per heavy atom. The third-order valence-electron chi connectivity index (χ3n) is 4.26. The summed E-state index contributed by atoms with van der Waals surface area (Å²) in [7, 11) is 0. The maximum absolute atomic E-state index is 12.1. The quantitative estimate of drug-likeness (QED) is 0.868. The van der Waals surface area contributed by atoms with Crippen LogP contribution in [0.1, 0.15) is 30.9 Å². The average Bonchev–Trinajstić information content (AvgIpc) is 3.15. The second kappa shape index (κ2) is 4.48. The fourth-order valence-corrected chi connectivity index (χ4v) is 3.35. The molecule has 2 fully saturated rings. The van der Waals surface area contributed by atoms with Gasteiger partial charge in [0.05, 0.1) is 11.4 Å². The van der Waals surface area contributed by atoms with E-state index in [4.69, 9.17) is 11.6 Å². The highest BCUT2D eigenvalue weighted by molar-refractivity contribution is 6.40. The van der Waals surface area contributed by atoms with Gasteiger partial charge in [-0.2, -0.15) is 5.10 Å². The molecule has 3 atom stereocenters. The van der Waals surface area contributed by atoms with Crippen molar-refractivity contribution in [3.63, 3.8) is 0 Å². The number of nitrogens with zero attached hydrogens (tertiary/aromatic N) is 2. The van der Waals surface area contributed by atoms with E-state index in [1.807, 2.05) is 23.2 Å². The largest absolute Gasteiger partial charge is 0.343 e. The van der Waals surface area contributed by atoms with Crippen LogP contribution in [0.4, 0.5) is 0 Å². The molecule has 20 heavy (non-hydrogen) atoms. The number of halogens is 1. The normalized spacial score (nSPS) is 31.8. The molecule has 1 aromatic carbocycles. The maximum Gasteiger partial charge on any atom is 0.202 e. The molecular weight excluding hydrogens is 274 g/mol. The summed E-state index contributed by atoms with van der Waals surface area (Å²) in [6.45, 7) is 0. The summed E-state index contributed by atoms with van der Waals surface area (Å²) in [5.41, 5.74) is 1.20. The Hall–Kier alpha value is -1.55. The molecule has 1 unspecified atom stereocenters. The smallest absolute Gasteiger partial charge is 0.202 e. The number of carbonyl (C=O) groups is 1. The number of hydrogen-bond acceptors (Lipinski definition) is 4. The fourth-order valence-electron chi connectivity index (χ4n) is 3.01. The van der Waals surface area contributed by atoms with E-state index in [9.17, 15) is 4.79 Å². The van der Waals surface area contributed by atoms with Crippen molar-refractivity contribution in [2.75, 3.05) is 0 Å². The molecular formula is C15H16ClN3O. The number of hydrazone groups is 1. The number of alkyl halides is 1. The van der Waals surface area contributed by atoms with Crippen LogP contribution in [0.2, 0.25) is 0 Å². The third kappa shape index (κ3) is 1.90. The lowest BCUT2D eigenvalue weighted by Gasteiger charge is -2.22. The van der Waals surface area contributed by atoms with Gasteiger partial charge >= 0.3 is 0 Å². The first kappa shape index (κ1) is 12.2. The molecule has 1 saturated carbocycles. The Morgan fingerprint density at radius 1 is 1.30 bits per heavy atom. The highest BCUT2D eigenvalue weighted by Gasteiger charge is 2.47. The van der Waals surface area contributed by atoms with Crippen molar-refractivity contribution in [1.29, 1.82) is 0 Å². The first-order valence-corrected chi connectivity index (χ1v) is 7.54. The topological polar surface area (TPSA) is 44.7 Å². The van der Waals surface area contributed by atoms with Crippen molar-refractivity contribution < 1.29 is 4.79 Å². The molecule has 2 heterocycles. The number of benzene rings is 1. The molecule has 2 aliphatic heterocycles. The van der Waals surface area contributed by atoms with Gasteiger partial charge in [0.2, 0.25) is 5.78 Å². The number of Topliss-reactive ketones (excluding diaryl/α,β-unsaturated/α-hetero) is 1. The third-order valence-corrected chi connectivity index (χ3v) is 4.68. The zero-order valence-electron chi connectivity index (χ0n) is 11.0. The van der Waals surface area contributed by atoms with E-state index in [1.54, 1.807) is 0 Å². The van der Waals surface area contributed by atoms with Gasteiger partial charge in [0, 0.05) is 5.92 Å². The van der Waals surface area contributed by atoms with Crippen LogP contribution in [0.25, 0.3) is 0 Å². The van der Waals surface area contributed by atoms with Crippen LogP contribution >= 0.6 is 11.6 Å². The summed E-state index contributed by atoms with van der Waals surface area (Å²) in [5, 5.41) is 9.68. The summed E-state index contributed by atoms with van der Waals surface area (Å²) >= 11 is 6.43. The Balaban J connectivity index is 1.62. The van der Waals surface area contributed by atoms with Gasteiger partial charge in [-0.1, -0.05) is 30.3 Å². The van der Waals surface area contributed by atoms with E-state index in [0.717, 1.165) is 19.3 Å². The van der Waals surface area contributed by atoms with Crippen LogP contribution in [-0.2, 0) is 4.79 Å². The highest BCUT2D eigenvalue weighted by atomic mass is 35.5. The summed E-state index contributed by atoms with van der Waals surface area (Å²) in [5.74, 6) is 0.837. The van der Waals surface area contributed by atoms with E-state index in [-0.39, 0.29) is 29.3 Å². The molecule has 1 aliphatic carbocycles. The Kier molecular flexibility index (Phi) is 2.74. The molecule has 4 rings (SSSR count). The SMILES string of the molecule is O=C(C1=NN2C(N1)[C@H](Cl)C[C@H]2c1ccccc1)C1CC1. The van der Waals surface area contributed by atoms with Gasteiger partial charge in [0.1, 0.15) is 6.17 Å². The number of carbonyl (C=O) groups excluding carboxylic acids is 1. The van der Waals surface area contributed by atoms with Crippen molar-refractivity contribution >= 4 is 23.2 Å². The van der Waals surface area contributed by atoms with Crippen molar-refractivity contribution in [3.05, 3.63) is 35.9 Å². The zero-order valence-corrected chi connectivity index (χ0v) is 11.8. The minimum Gasteiger partial charge on any atom is -0.343 e. The molecule has 1 aromatic rings. The zero-order chi connectivity index (χ0) is 13.7.